The summed E-state index contributed by atoms with van der Waals surface area (Å²) in [4.78, 5) is 23.2. The smallest absolute Gasteiger partial charge is 0.323 e. The van der Waals surface area contributed by atoms with Gasteiger partial charge in [0.05, 0.1) is 18.4 Å². The van der Waals surface area contributed by atoms with Crippen molar-refractivity contribution in [2.75, 3.05) is 13.2 Å². The molecule has 0 fully saturated rings. The summed E-state index contributed by atoms with van der Waals surface area (Å²) >= 11 is 0. The van der Waals surface area contributed by atoms with Crippen molar-refractivity contribution in [1.29, 1.82) is 0 Å². The molecule has 0 aliphatic rings. The summed E-state index contributed by atoms with van der Waals surface area (Å²) in [7, 11) is -3.29. The highest BCUT2D eigenvalue weighted by Gasteiger charge is 2.43. The summed E-state index contributed by atoms with van der Waals surface area (Å²) < 4.78 is 23.7. The average molecular weight is 349 g/mol. The van der Waals surface area contributed by atoms with Crippen LogP contribution in [-0.2, 0) is 23.4 Å². The molecule has 0 aromatic carbocycles. The minimum Gasteiger partial charge on any atom is -0.465 e. The van der Waals surface area contributed by atoms with E-state index < -0.39 is 24.7 Å². The Hall–Kier alpha value is -0.710. The quantitative estimate of drug-likeness (QED) is 0.427. The van der Waals surface area contributed by atoms with Crippen LogP contribution in [-0.4, -0.2) is 36.2 Å². The molecule has 0 aromatic heterocycles. The lowest BCUT2D eigenvalue weighted by Gasteiger charge is -2.35. The van der Waals surface area contributed by atoms with Crippen LogP contribution in [0.25, 0.3) is 0 Å². The van der Waals surface area contributed by atoms with E-state index in [2.05, 4.69) is 5.09 Å². The Morgan fingerprint density at radius 1 is 1.17 bits per heavy atom. The molecule has 7 heteroatoms. The molecule has 0 bridgehead atoms. The third-order valence-corrected chi connectivity index (χ3v) is 6.92. The van der Waals surface area contributed by atoms with Crippen LogP contribution < -0.4 is 5.09 Å². The number of carbonyl (C=O) groups excluding carboxylic acids is 2. The van der Waals surface area contributed by atoms with Gasteiger partial charge < -0.3 is 9.26 Å². The molecule has 0 radical (unpaired) electrons. The van der Waals surface area contributed by atoms with E-state index in [1.807, 2.05) is 20.8 Å². The van der Waals surface area contributed by atoms with Gasteiger partial charge in [-0.2, -0.15) is 0 Å². The van der Waals surface area contributed by atoms with E-state index in [9.17, 15) is 14.2 Å². The number of hydrogen-bond acceptors (Lipinski definition) is 5. The molecule has 0 aliphatic carbocycles. The lowest BCUT2D eigenvalue weighted by molar-refractivity contribution is -0.144. The molecule has 0 rings (SSSR count). The number of ketones is 1. The molecule has 0 aliphatic heterocycles. The zero-order chi connectivity index (χ0) is 18.1. The lowest BCUT2D eigenvalue weighted by atomic mass is 10.0. The van der Waals surface area contributed by atoms with E-state index >= 15 is 0 Å². The Balaban J connectivity index is 4.97. The summed E-state index contributed by atoms with van der Waals surface area (Å²) in [5.41, 5.74) is 0. The second-order valence-electron chi connectivity index (χ2n) is 6.13. The molecule has 2 atom stereocenters. The number of rotatable bonds is 12. The number of Topliss-reactive ketones (excluding diaryl/α,β-unsaturated/α-hetero) is 1. The topological polar surface area (TPSA) is 81.7 Å². The number of nitrogens with one attached hydrogen (secondary N) is 1. The second kappa shape index (κ2) is 10.2. The molecule has 0 spiro atoms. The van der Waals surface area contributed by atoms with Crippen LogP contribution >= 0.6 is 7.52 Å². The van der Waals surface area contributed by atoms with Crippen molar-refractivity contribution in [3.8, 4) is 0 Å². The molecular weight excluding hydrogens is 317 g/mol. The van der Waals surface area contributed by atoms with Crippen molar-refractivity contribution in [1.82, 2.24) is 5.09 Å². The van der Waals surface area contributed by atoms with Crippen LogP contribution in [0.5, 0.6) is 0 Å². The molecule has 23 heavy (non-hydrogen) atoms. The maximum atomic E-state index is 13.3. The minimum absolute atomic E-state index is 0.194. The molecule has 0 saturated heterocycles. The first-order chi connectivity index (χ1) is 10.6. The van der Waals surface area contributed by atoms with E-state index in [-0.39, 0.29) is 19.0 Å². The van der Waals surface area contributed by atoms with Crippen molar-refractivity contribution in [3.05, 3.63) is 0 Å². The van der Waals surface area contributed by atoms with E-state index in [1.165, 1.54) is 0 Å². The highest BCUT2D eigenvalue weighted by Crippen LogP contribution is 2.57. The maximum absolute atomic E-state index is 13.3. The van der Waals surface area contributed by atoms with Crippen LogP contribution in [0.3, 0.4) is 0 Å². The Morgan fingerprint density at radius 2 is 1.78 bits per heavy atom. The zero-order valence-electron chi connectivity index (χ0n) is 15.3. The Labute approximate surface area is 140 Å². The van der Waals surface area contributed by atoms with Gasteiger partial charge in [-0.05, 0) is 47.5 Å². The first-order valence-electron chi connectivity index (χ1n) is 8.34. The summed E-state index contributed by atoms with van der Waals surface area (Å²) in [6, 6.07) is -0.719. The van der Waals surface area contributed by atoms with Gasteiger partial charge in [-0.1, -0.05) is 6.92 Å². The Morgan fingerprint density at radius 3 is 2.26 bits per heavy atom. The van der Waals surface area contributed by atoms with Gasteiger partial charge in [0.1, 0.15) is 11.8 Å². The molecule has 0 aromatic rings. The van der Waals surface area contributed by atoms with Gasteiger partial charge >= 0.3 is 5.97 Å². The third kappa shape index (κ3) is 7.15. The predicted octanol–water partition coefficient (Wildman–Crippen LogP) is 3.69. The van der Waals surface area contributed by atoms with Crippen molar-refractivity contribution in [3.63, 3.8) is 0 Å². The average Bonchev–Trinajstić information content (AvgIpc) is 2.47. The molecule has 0 amide bonds. The second-order valence-corrected chi connectivity index (χ2v) is 8.96. The first kappa shape index (κ1) is 22.3. The lowest BCUT2D eigenvalue weighted by Crippen LogP contribution is -2.39. The van der Waals surface area contributed by atoms with Gasteiger partial charge in [0.25, 0.3) is 7.52 Å². The third-order valence-electron chi connectivity index (χ3n) is 3.75. The molecule has 1 N–H and O–H groups in total. The van der Waals surface area contributed by atoms with E-state index in [0.29, 0.717) is 25.7 Å². The first-order valence-corrected chi connectivity index (χ1v) is 9.96. The Bertz CT molecular complexity index is 436. The molecule has 0 saturated carbocycles. The molecular formula is C16H32NO5P. The number of ether oxygens (including phenoxy) is 1. The van der Waals surface area contributed by atoms with Crippen LogP contribution in [0.4, 0.5) is 0 Å². The summed E-state index contributed by atoms with van der Waals surface area (Å²) in [6.07, 6.45) is 2.20. The van der Waals surface area contributed by atoms with Crippen molar-refractivity contribution in [2.24, 2.45) is 0 Å². The van der Waals surface area contributed by atoms with Gasteiger partial charge in [0.2, 0.25) is 0 Å². The van der Waals surface area contributed by atoms with Gasteiger partial charge in [0, 0.05) is 12.8 Å². The van der Waals surface area contributed by atoms with Crippen LogP contribution in [0.15, 0.2) is 0 Å². The largest absolute Gasteiger partial charge is 0.465 e. The highest BCUT2D eigenvalue weighted by molar-refractivity contribution is 7.58. The van der Waals surface area contributed by atoms with Gasteiger partial charge in [-0.25, -0.2) is 5.09 Å². The standard InChI is InChI=1S/C16H32NO5P/c1-7-14(18)11-10-12-16(5,6)23(20,22-9-3)17-13(4)15(19)21-8-2/h13H,7-12H2,1-6H3,(H,17,20). The summed E-state index contributed by atoms with van der Waals surface area (Å²) in [5, 5.41) is 2.16. The molecule has 0 heterocycles. The van der Waals surface area contributed by atoms with Crippen molar-refractivity contribution in [2.45, 2.75) is 78.4 Å². The minimum atomic E-state index is -3.29. The number of esters is 1. The fraction of sp³-hybridized carbons (Fsp3) is 0.875. The van der Waals surface area contributed by atoms with Gasteiger partial charge in [0.15, 0.2) is 0 Å². The summed E-state index contributed by atoms with van der Waals surface area (Å²) in [6.45, 7) is 11.2. The van der Waals surface area contributed by atoms with Crippen LogP contribution in [0, 0.1) is 0 Å². The number of hydrogen-bond donors (Lipinski definition) is 1. The fourth-order valence-corrected chi connectivity index (χ4v) is 4.39. The van der Waals surface area contributed by atoms with Gasteiger partial charge in [-0.3, -0.25) is 14.2 Å². The zero-order valence-corrected chi connectivity index (χ0v) is 16.2. The SMILES string of the molecule is CCOC(=O)C(C)NP(=O)(OCC)C(C)(C)CCCC(=O)CC. The molecule has 2 unspecified atom stereocenters. The highest BCUT2D eigenvalue weighted by atomic mass is 31.2. The Kier molecular flexibility index (Phi) is 9.90. The van der Waals surface area contributed by atoms with Crippen LogP contribution in [0.1, 0.15) is 67.2 Å². The van der Waals surface area contributed by atoms with Crippen molar-refractivity contribution < 1.29 is 23.4 Å². The van der Waals surface area contributed by atoms with Crippen molar-refractivity contribution >= 4 is 19.3 Å². The van der Waals surface area contributed by atoms with E-state index in [4.69, 9.17) is 9.26 Å². The van der Waals surface area contributed by atoms with E-state index in [0.717, 1.165) is 0 Å². The fourth-order valence-electron chi connectivity index (χ4n) is 2.19. The maximum Gasteiger partial charge on any atom is 0.323 e. The molecule has 136 valence electrons. The normalized spacial score (nSPS) is 15.7. The number of carbonyl (C=O) groups is 2. The van der Waals surface area contributed by atoms with Crippen LogP contribution in [0.2, 0.25) is 0 Å². The summed E-state index contributed by atoms with van der Waals surface area (Å²) in [5.74, 6) is -0.260. The van der Waals surface area contributed by atoms with Gasteiger partial charge in [-0.15, -0.1) is 0 Å². The predicted molar refractivity (Wildman–Crippen MR) is 91.7 cm³/mol. The molecule has 6 nitrogen and oxygen atoms in total. The monoisotopic (exact) mass is 349 g/mol. The van der Waals surface area contributed by atoms with E-state index in [1.54, 1.807) is 20.8 Å².